The second-order valence-corrected chi connectivity index (χ2v) is 7.56. The van der Waals surface area contributed by atoms with Crippen LogP contribution in [0.5, 0.6) is 0 Å². The van der Waals surface area contributed by atoms with Crippen LogP contribution >= 0.6 is 0 Å². The molecule has 0 N–H and O–H groups in total. The number of ether oxygens (including phenoxy) is 1. The lowest BCUT2D eigenvalue weighted by molar-refractivity contribution is -0.184. The standard InChI is InChI=1S/C21H19N3O7/c1-10(2)15(21(30)31-3)23-17(22-13(25)8-9-14(22)26)16(20(23)29)24-18(27)11-6-4-5-7-12(11)19(24)28/h4-7,15-17H,1,8-9H2,2-3H3/t15-,16+,17+/m1/s1. The number of hydrogen-bond donors (Lipinski definition) is 0. The zero-order valence-electron chi connectivity index (χ0n) is 16.9. The van der Waals surface area contributed by atoms with Crippen LogP contribution in [0.1, 0.15) is 40.5 Å². The van der Waals surface area contributed by atoms with E-state index in [-0.39, 0.29) is 29.5 Å². The van der Waals surface area contributed by atoms with Crippen molar-refractivity contribution in [3.05, 3.63) is 47.5 Å². The van der Waals surface area contributed by atoms with Crippen molar-refractivity contribution in [3.8, 4) is 0 Å². The highest BCUT2D eigenvalue weighted by Crippen LogP contribution is 2.38. The van der Waals surface area contributed by atoms with Gasteiger partial charge >= 0.3 is 5.97 Å². The van der Waals surface area contributed by atoms with Gasteiger partial charge in [-0.2, -0.15) is 0 Å². The number of carbonyl (C=O) groups is 6. The van der Waals surface area contributed by atoms with E-state index >= 15 is 0 Å². The monoisotopic (exact) mass is 425 g/mol. The fraction of sp³-hybridized carbons (Fsp3) is 0.333. The molecule has 10 heteroatoms. The number of hydrogen-bond acceptors (Lipinski definition) is 7. The third-order valence-corrected chi connectivity index (χ3v) is 5.70. The largest absolute Gasteiger partial charge is 0.467 e. The summed E-state index contributed by atoms with van der Waals surface area (Å²) in [5, 5.41) is 0. The number of benzene rings is 1. The first kappa shape index (κ1) is 20.5. The molecule has 3 aliphatic rings. The van der Waals surface area contributed by atoms with E-state index in [0.29, 0.717) is 0 Å². The van der Waals surface area contributed by atoms with E-state index in [4.69, 9.17) is 4.74 Å². The van der Waals surface area contributed by atoms with Gasteiger partial charge in [-0.1, -0.05) is 18.7 Å². The maximum atomic E-state index is 13.2. The number of likely N-dealkylation sites (tertiary alicyclic amines) is 2. The minimum atomic E-state index is -1.44. The molecule has 0 radical (unpaired) electrons. The number of imide groups is 2. The normalized spacial score (nSPS) is 23.8. The molecular formula is C21H19N3O7. The Morgan fingerprint density at radius 3 is 1.97 bits per heavy atom. The van der Waals surface area contributed by atoms with Crippen molar-refractivity contribution in [2.24, 2.45) is 0 Å². The van der Waals surface area contributed by atoms with E-state index < -0.39 is 53.8 Å². The van der Waals surface area contributed by atoms with Crippen LogP contribution in [0.4, 0.5) is 0 Å². The van der Waals surface area contributed by atoms with Crippen molar-refractivity contribution < 1.29 is 33.5 Å². The number of carbonyl (C=O) groups excluding carboxylic acids is 6. The predicted octanol–water partition coefficient (Wildman–Crippen LogP) is 0.0862. The molecule has 3 atom stereocenters. The summed E-state index contributed by atoms with van der Waals surface area (Å²) >= 11 is 0. The van der Waals surface area contributed by atoms with Crippen molar-refractivity contribution in [2.75, 3.05) is 7.11 Å². The van der Waals surface area contributed by atoms with Crippen LogP contribution in [0.2, 0.25) is 0 Å². The summed E-state index contributed by atoms with van der Waals surface area (Å²) < 4.78 is 4.77. The lowest BCUT2D eigenvalue weighted by Gasteiger charge is -2.54. The summed E-state index contributed by atoms with van der Waals surface area (Å²) in [5.74, 6) is -4.09. The molecule has 0 saturated carbocycles. The van der Waals surface area contributed by atoms with Crippen molar-refractivity contribution >= 4 is 35.5 Å². The molecule has 0 aliphatic carbocycles. The fourth-order valence-electron chi connectivity index (χ4n) is 4.28. The highest BCUT2D eigenvalue weighted by atomic mass is 16.5. The van der Waals surface area contributed by atoms with Gasteiger partial charge in [0.1, 0.15) is 6.17 Å². The second kappa shape index (κ2) is 7.15. The van der Waals surface area contributed by atoms with Gasteiger partial charge in [-0.3, -0.25) is 38.7 Å². The molecule has 0 unspecified atom stereocenters. The van der Waals surface area contributed by atoms with E-state index in [9.17, 15) is 28.8 Å². The average molecular weight is 425 g/mol. The van der Waals surface area contributed by atoms with E-state index in [1.54, 1.807) is 12.1 Å². The number of nitrogens with zero attached hydrogens (tertiary/aromatic N) is 3. The lowest BCUT2D eigenvalue weighted by atomic mass is 9.93. The number of methoxy groups -OCH3 is 1. The summed E-state index contributed by atoms with van der Waals surface area (Å²) in [7, 11) is 1.13. The van der Waals surface area contributed by atoms with Gasteiger partial charge in [-0.05, 0) is 24.6 Å². The van der Waals surface area contributed by atoms with Gasteiger partial charge in [-0.15, -0.1) is 0 Å². The maximum absolute atomic E-state index is 13.2. The first-order valence-corrected chi connectivity index (χ1v) is 9.58. The quantitative estimate of drug-likeness (QED) is 0.284. The molecule has 31 heavy (non-hydrogen) atoms. The summed E-state index contributed by atoms with van der Waals surface area (Å²) in [6, 6.07) is 3.37. The van der Waals surface area contributed by atoms with Crippen molar-refractivity contribution in [2.45, 2.75) is 38.0 Å². The van der Waals surface area contributed by atoms with Gasteiger partial charge in [-0.25, -0.2) is 4.79 Å². The molecule has 0 spiro atoms. The number of rotatable bonds is 5. The molecule has 1 aromatic rings. The molecule has 2 saturated heterocycles. The third kappa shape index (κ3) is 2.78. The van der Waals surface area contributed by atoms with Crippen molar-refractivity contribution in [1.82, 2.24) is 14.7 Å². The van der Waals surface area contributed by atoms with E-state index in [1.165, 1.54) is 19.1 Å². The number of β-lactam (4-membered cyclic amide) rings is 1. The third-order valence-electron chi connectivity index (χ3n) is 5.70. The van der Waals surface area contributed by atoms with Crippen LogP contribution in [0.3, 0.4) is 0 Å². The molecule has 5 amide bonds. The number of amides is 5. The second-order valence-electron chi connectivity index (χ2n) is 7.56. The smallest absolute Gasteiger partial charge is 0.332 e. The Hall–Kier alpha value is -3.82. The molecule has 2 fully saturated rings. The van der Waals surface area contributed by atoms with Gasteiger partial charge in [0.2, 0.25) is 11.8 Å². The summed E-state index contributed by atoms with van der Waals surface area (Å²) in [5.41, 5.74) is 0.493. The van der Waals surface area contributed by atoms with E-state index in [1.807, 2.05) is 0 Å². The minimum absolute atomic E-state index is 0.0673. The summed E-state index contributed by atoms with van der Waals surface area (Å²) in [6.45, 7) is 5.21. The highest BCUT2D eigenvalue weighted by molar-refractivity contribution is 6.23. The molecule has 3 heterocycles. The topological polar surface area (TPSA) is 121 Å². The molecule has 0 aromatic heterocycles. The minimum Gasteiger partial charge on any atom is -0.467 e. The van der Waals surface area contributed by atoms with Crippen LogP contribution in [-0.4, -0.2) is 75.6 Å². The first-order chi connectivity index (χ1) is 14.7. The van der Waals surface area contributed by atoms with Crippen molar-refractivity contribution in [1.29, 1.82) is 0 Å². The molecule has 160 valence electrons. The molecule has 0 bridgehead atoms. The zero-order chi connectivity index (χ0) is 22.6. The van der Waals surface area contributed by atoms with Crippen molar-refractivity contribution in [3.63, 3.8) is 0 Å². The lowest BCUT2D eigenvalue weighted by Crippen LogP contribution is -2.79. The Kier molecular flexibility index (Phi) is 4.72. The highest BCUT2D eigenvalue weighted by Gasteiger charge is 2.63. The number of fused-ring (bicyclic) bond motifs is 1. The summed E-state index contributed by atoms with van der Waals surface area (Å²) in [4.78, 5) is 79.1. The van der Waals surface area contributed by atoms with Crippen LogP contribution in [-0.2, 0) is 23.9 Å². The van der Waals surface area contributed by atoms with Crippen LogP contribution in [0.15, 0.2) is 36.4 Å². The molecule has 1 aromatic carbocycles. The SMILES string of the molecule is C=C(C)[C@H](C(=O)OC)N1C(=O)[C@@H](N2C(=O)c3ccccc3C2=O)[C@H]1N1C(=O)CCC1=O. The van der Waals surface area contributed by atoms with Crippen LogP contribution < -0.4 is 0 Å². The Balaban J connectivity index is 1.79. The van der Waals surface area contributed by atoms with E-state index in [2.05, 4.69) is 6.58 Å². The Morgan fingerprint density at radius 1 is 1.00 bits per heavy atom. The van der Waals surface area contributed by atoms with Gasteiger partial charge in [0, 0.05) is 12.8 Å². The average Bonchev–Trinajstić information content (AvgIpc) is 3.20. The zero-order valence-corrected chi connectivity index (χ0v) is 16.9. The molecular weight excluding hydrogens is 406 g/mol. The summed E-state index contributed by atoms with van der Waals surface area (Å²) in [6.07, 6.45) is -1.46. The van der Waals surface area contributed by atoms with Gasteiger partial charge in [0.05, 0.1) is 18.2 Å². The molecule has 10 nitrogen and oxygen atoms in total. The Morgan fingerprint density at radius 2 is 1.52 bits per heavy atom. The Bertz CT molecular complexity index is 1030. The van der Waals surface area contributed by atoms with Gasteiger partial charge < -0.3 is 4.74 Å². The first-order valence-electron chi connectivity index (χ1n) is 9.58. The predicted molar refractivity (Wildman–Crippen MR) is 103 cm³/mol. The Labute approximate surface area is 177 Å². The van der Waals surface area contributed by atoms with Gasteiger partial charge in [0.25, 0.3) is 17.7 Å². The van der Waals surface area contributed by atoms with Gasteiger partial charge in [0.15, 0.2) is 12.1 Å². The van der Waals surface area contributed by atoms with E-state index in [0.717, 1.165) is 21.8 Å². The van der Waals surface area contributed by atoms with Crippen LogP contribution in [0.25, 0.3) is 0 Å². The maximum Gasteiger partial charge on any atom is 0.332 e. The molecule has 4 rings (SSSR count). The fourth-order valence-corrected chi connectivity index (χ4v) is 4.28. The van der Waals surface area contributed by atoms with Crippen LogP contribution in [0, 0.1) is 0 Å². The molecule has 3 aliphatic heterocycles. The number of esters is 1.